The molecule has 39 heavy (non-hydrogen) atoms. The van der Waals surface area contributed by atoms with Crippen LogP contribution in [0.15, 0.2) is 85.3 Å². The first-order chi connectivity index (χ1) is 19.1. The quantitative estimate of drug-likeness (QED) is 0.243. The Bertz CT molecular complexity index is 1420. The molecule has 6 rings (SSSR count). The molecule has 4 aromatic rings. The summed E-state index contributed by atoms with van der Waals surface area (Å²) in [5.41, 5.74) is 7.87. The van der Waals surface area contributed by atoms with Crippen molar-refractivity contribution in [1.82, 2.24) is 9.55 Å². The lowest BCUT2D eigenvalue weighted by Gasteiger charge is -2.37. The standard InChI is InChI=1S/C33H36N4O2/c1-3-4-11-24(2)36-21-25(34-23-36)20-35-18-19-37(32-17-10-9-16-31(32)35)33(38)39-22-30-28-14-7-5-12-26(28)27-13-6-8-15-29(27)30/h5-10,12-17,21,23-24,30H,3-4,11,18-20,22H2,1-2H3/t24-/m0/s1. The molecule has 2 aliphatic rings. The van der Waals surface area contributed by atoms with Crippen LogP contribution in [0.25, 0.3) is 11.1 Å². The zero-order chi connectivity index (χ0) is 26.8. The van der Waals surface area contributed by atoms with E-state index in [2.05, 4.69) is 84.1 Å². The molecule has 1 aromatic heterocycles. The number of carbonyl (C=O) groups is 1. The number of aromatic nitrogens is 2. The van der Waals surface area contributed by atoms with Gasteiger partial charge in [-0.1, -0.05) is 80.4 Å². The average molecular weight is 521 g/mol. The van der Waals surface area contributed by atoms with Gasteiger partial charge < -0.3 is 14.2 Å². The van der Waals surface area contributed by atoms with Crippen molar-refractivity contribution in [3.8, 4) is 11.1 Å². The molecule has 3 aromatic carbocycles. The van der Waals surface area contributed by atoms with E-state index < -0.39 is 0 Å². The topological polar surface area (TPSA) is 50.6 Å². The molecule has 6 heteroatoms. The summed E-state index contributed by atoms with van der Waals surface area (Å²) in [6.07, 6.45) is 7.41. The third kappa shape index (κ3) is 4.91. The molecule has 1 aliphatic heterocycles. The van der Waals surface area contributed by atoms with E-state index in [1.165, 1.54) is 35.1 Å². The first-order valence-electron chi connectivity index (χ1n) is 14.1. The van der Waals surface area contributed by atoms with E-state index in [-0.39, 0.29) is 12.0 Å². The molecule has 0 saturated carbocycles. The maximum atomic E-state index is 13.4. The molecule has 200 valence electrons. The van der Waals surface area contributed by atoms with Gasteiger partial charge in [0.15, 0.2) is 0 Å². The second-order valence-corrected chi connectivity index (χ2v) is 10.7. The molecule has 0 bridgehead atoms. The van der Waals surface area contributed by atoms with Crippen LogP contribution in [0, 0.1) is 0 Å². The average Bonchev–Trinajstić information content (AvgIpc) is 3.57. The van der Waals surface area contributed by atoms with Crippen LogP contribution in [0.5, 0.6) is 0 Å². The highest BCUT2D eigenvalue weighted by Gasteiger charge is 2.32. The van der Waals surface area contributed by atoms with Gasteiger partial charge in [-0.05, 0) is 47.7 Å². The van der Waals surface area contributed by atoms with E-state index in [4.69, 9.17) is 9.72 Å². The number of fused-ring (bicyclic) bond motifs is 4. The Hall–Kier alpha value is -4.06. The lowest BCUT2D eigenvalue weighted by molar-refractivity contribution is 0.150. The summed E-state index contributed by atoms with van der Waals surface area (Å²) in [5.74, 6) is 0.0488. The van der Waals surface area contributed by atoms with Gasteiger partial charge in [0, 0.05) is 31.2 Å². The summed E-state index contributed by atoms with van der Waals surface area (Å²) < 4.78 is 8.23. The predicted molar refractivity (Wildman–Crippen MR) is 156 cm³/mol. The van der Waals surface area contributed by atoms with Crippen molar-refractivity contribution in [2.75, 3.05) is 29.5 Å². The number of benzene rings is 3. The van der Waals surface area contributed by atoms with Crippen LogP contribution in [-0.2, 0) is 11.3 Å². The normalized spacial score (nSPS) is 15.0. The van der Waals surface area contributed by atoms with E-state index in [9.17, 15) is 4.79 Å². The Morgan fingerprint density at radius 3 is 2.33 bits per heavy atom. The van der Waals surface area contributed by atoms with Gasteiger partial charge in [0.1, 0.15) is 6.61 Å². The van der Waals surface area contributed by atoms with Gasteiger partial charge in [-0.15, -0.1) is 0 Å². The van der Waals surface area contributed by atoms with Gasteiger partial charge in [-0.3, -0.25) is 4.90 Å². The minimum Gasteiger partial charge on any atom is -0.448 e. The number of carbonyl (C=O) groups excluding carboxylic acids is 1. The zero-order valence-electron chi connectivity index (χ0n) is 22.8. The third-order valence-electron chi connectivity index (χ3n) is 8.16. The van der Waals surface area contributed by atoms with E-state index in [1.54, 1.807) is 4.90 Å². The van der Waals surface area contributed by atoms with Crippen LogP contribution in [0.2, 0.25) is 0 Å². The number of hydrogen-bond donors (Lipinski definition) is 0. The summed E-state index contributed by atoms with van der Waals surface area (Å²) in [7, 11) is 0. The van der Waals surface area contributed by atoms with Gasteiger partial charge in [0.2, 0.25) is 0 Å². The monoisotopic (exact) mass is 520 g/mol. The van der Waals surface area contributed by atoms with Crippen molar-refractivity contribution < 1.29 is 9.53 Å². The van der Waals surface area contributed by atoms with E-state index in [1.807, 2.05) is 24.5 Å². The number of amides is 1. The molecule has 0 radical (unpaired) electrons. The molecule has 0 saturated heterocycles. The first kappa shape index (κ1) is 25.2. The highest BCUT2D eigenvalue weighted by atomic mass is 16.6. The number of nitrogens with zero attached hydrogens (tertiary/aromatic N) is 4. The molecule has 2 heterocycles. The molecule has 0 unspecified atom stereocenters. The van der Waals surface area contributed by atoms with Crippen molar-refractivity contribution in [3.63, 3.8) is 0 Å². The minimum absolute atomic E-state index is 0.0488. The Morgan fingerprint density at radius 2 is 1.62 bits per heavy atom. The van der Waals surface area contributed by atoms with Crippen LogP contribution >= 0.6 is 0 Å². The molecule has 1 amide bonds. The van der Waals surface area contributed by atoms with Crippen LogP contribution in [0.3, 0.4) is 0 Å². The number of hydrogen-bond acceptors (Lipinski definition) is 4. The zero-order valence-corrected chi connectivity index (χ0v) is 22.8. The van der Waals surface area contributed by atoms with E-state index in [0.717, 1.165) is 30.0 Å². The Kier molecular flexibility index (Phi) is 7.10. The molecule has 0 fully saturated rings. The van der Waals surface area contributed by atoms with Crippen molar-refractivity contribution in [1.29, 1.82) is 0 Å². The predicted octanol–water partition coefficient (Wildman–Crippen LogP) is 7.41. The van der Waals surface area contributed by atoms with Gasteiger partial charge in [0.05, 0.1) is 29.9 Å². The molecule has 1 aliphatic carbocycles. The number of rotatable bonds is 8. The molecule has 1 atom stereocenters. The second kappa shape index (κ2) is 11.0. The lowest BCUT2D eigenvalue weighted by atomic mass is 9.98. The molecule has 0 spiro atoms. The van der Waals surface area contributed by atoms with Crippen molar-refractivity contribution in [2.24, 2.45) is 0 Å². The van der Waals surface area contributed by atoms with Gasteiger partial charge in [0.25, 0.3) is 0 Å². The first-order valence-corrected chi connectivity index (χ1v) is 14.1. The van der Waals surface area contributed by atoms with E-state index in [0.29, 0.717) is 25.7 Å². The Labute approximate surface area is 230 Å². The summed E-state index contributed by atoms with van der Waals surface area (Å²) in [4.78, 5) is 22.2. The number of ether oxygens (including phenoxy) is 1. The van der Waals surface area contributed by atoms with Crippen LogP contribution in [0.4, 0.5) is 16.2 Å². The third-order valence-corrected chi connectivity index (χ3v) is 8.16. The van der Waals surface area contributed by atoms with Crippen LogP contribution in [0.1, 0.15) is 61.9 Å². The molecule has 0 N–H and O–H groups in total. The molecular formula is C33H36N4O2. The lowest BCUT2D eigenvalue weighted by Crippen LogP contribution is -2.44. The summed E-state index contributed by atoms with van der Waals surface area (Å²) in [6.45, 7) is 6.81. The van der Waals surface area contributed by atoms with Crippen LogP contribution in [-0.4, -0.2) is 35.3 Å². The van der Waals surface area contributed by atoms with Gasteiger partial charge >= 0.3 is 6.09 Å². The Morgan fingerprint density at radius 1 is 0.949 bits per heavy atom. The van der Waals surface area contributed by atoms with Crippen molar-refractivity contribution >= 4 is 17.5 Å². The van der Waals surface area contributed by atoms with Gasteiger partial charge in [-0.25, -0.2) is 9.78 Å². The molecule has 6 nitrogen and oxygen atoms in total. The number of anilines is 2. The van der Waals surface area contributed by atoms with Crippen LogP contribution < -0.4 is 9.80 Å². The van der Waals surface area contributed by atoms with Crippen molar-refractivity contribution in [2.45, 2.75) is 51.6 Å². The van der Waals surface area contributed by atoms with Gasteiger partial charge in [-0.2, -0.15) is 0 Å². The Balaban J connectivity index is 1.15. The SMILES string of the molecule is CCCC[C@H](C)n1cnc(CN2CCN(C(=O)OCC3c4ccccc4-c4ccccc43)c3ccccc32)c1. The highest BCUT2D eigenvalue weighted by Crippen LogP contribution is 2.44. The maximum absolute atomic E-state index is 13.4. The van der Waals surface area contributed by atoms with Crippen molar-refractivity contribution in [3.05, 3.63) is 102 Å². The fraction of sp³-hybridized carbons (Fsp3) is 0.333. The summed E-state index contributed by atoms with van der Waals surface area (Å²) >= 11 is 0. The fourth-order valence-corrected chi connectivity index (χ4v) is 5.99. The maximum Gasteiger partial charge on any atom is 0.414 e. The largest absolute Gasteiger partial charge is 0.448 e. The highest BCUT2D eigenvalue weighted by molar-refractivity contribution is 5.93. The van der Waals surface area contributed by atoms with E-state index >= 15 is 0 Å². The second-order valence-electron chi connectivity index (χ2n) is 10.7. The minimum atomic E-state index is -0.294. The fourth-order valence-electron chi connectivity index (χ4n) is 5.99. The summed E-state index contributed by atoms with van der Waals surface area (Å²) in [6, 6.07) is 25.4. The smallest absolute Gasteiger partial charge is 0.414 e. The number of imidazole rings is 1. The number of para-hydroxylation sites is 2. The summed E-state index contributed by atoms with van der Waals surface area (Å²) in [5, 5.41) is 0. The molecular weight excluding hydrogens is 484 g/mol. The number of unbranched alkanes of at least 4 members (excludes halogenated alkanes) is 1.